The van der Waals surface area contributed by atoms with Crippen molar-refractivity contribution in [1.82, 2.24) is 15.3 Å². The SMILES string of the molecule is CS(=O)(=O)c1ncc(N2C[C@H]3C[C@@H]2CN3)c(Nc2ccc(F)c(Cl)c2)n1. The van der Waals surface area contributed by atoms with Crippen LogP contribution in [-0.4, -0.2) is 49.8 Å². The quantitative estimate of drug-likeness (QED) is 0.762. The van der Waals surface area contributed by atoms with Gasteiger partial charge in [0.05, 0.1) is 16.9 Å². The lowest BCUT2D eigenvalue weighted by molar-refractivity contribution is 0.577. The zero-order valence-electron chi connectivity index (χ0n) is 13.9. The first-order valence-corrected chi connectivity index (χ1v) is 10.4. The highest BCUT2D eigenvalue weighted by Gasteiger charge is 2.39. The molecule has 2 bridgehead atoms. The third kappa shape index (κ3) is 3.22. The maximum absolute atomic E-state index is 13.4. The third-order valence-corrected chi connectivity index (χ3v) is 5.78. The fourth-order valence-electron chi connectivity index (χ4n) is 3.41. The Kier molecular flexibility index (Phi) is 4.25. The highest BCUT2D eigenvalue weighted by atomic mass is 35.5. The average Bonchev–Trinajstić information content (AvgIpc) is 3.20. The molecule has 0 unspecified atom stereocenters. The van der Waals surface area contributed by atoms with Gasteiger partial charge in [-0.2, -0.15) is 4.98 Å². The number of anilines is 3. The molecule has 2 fully saturated rings. The molecule has 3 heterocycles. The van der Waals surface area contributed by atoms with E-state index >= 15 is 0 Å². The molecule has 138 valence electrons. The summed E-state index contributed by atoms with van der Waals surface area (Å²) in [4.78, 5) is 10.4. The van der Waals surface area contributed by atoms with E-state index in [2.05, 4.69) is 25.5 Å². The van der Waals surface area contributed by atoms with Crippen molar-refractivity contribution in [2.75, 3.05) is 29.6 Å². The summed E-state index contributed by atoms with van der Waals surface area (Å²) in [5.41, 5.74) is 1.23. The van der Waals surface area contributed by atoms with E-state index in [0.717, 1.165) is 25.8 Å². The summed E-state index contributed by atoms with van der Waals surface area (Å²) in [5.74, 6) is -0.171. The highest BCUT2D eigenvalue weighted by molar-refractivity contribution is 7.90. The van der Waals surface area contributed by atoms with Crippen LogP contribution in [0.2, 0.25) is 5.02 Å². The Morgan fingerprint density at radius 1 is 1.42 bits per heavy atom. The Morgan fingerprint density at radius 3 is 2.85 bits per heavy atom. The van der Waals surface area contributed by atoms with Gasteiger partial charge in [0.2, 0.25) is 15.0 Å². The number of hydrogen-bond acceptors (Lipinski definition) is 7. The number of benzene rings is 1. The van der Waals surface area contributed by atoms with Crippen molar-refractivity contribution in [2.45, 2.75) is 23.7 Å². The Labute approximate surface area is 155 Å². The van der Waals surface area contributed by atoms with Gasteiger partial charge in [0.15, 0.2) is 5.82 Å². The number of piperazine rings is 1. The first-order chi connectivity index (χ1) is 12.3. The number of nitrogens with zero attached hydrogens (tertiary/aromatic N) is 3. The molecule has 0 aliphatic carbocycles. The lowest BCUT2D eigenvalue weighted by Gasteiger charge is -2.30. The van der Waals surface area contributed by atoms with Crippen LogP contribution in [0.5, 0.6) is 0 Å². The molecule has 2 saturated heterocycles. The van der Waals surface area contributed by atoms with Crippen molar-refractivity contribution in [1.29, 1.82) is 0 Å². The van der Waals surface area contributed by atoms with E-state index in [-0.39, 0.29) is 10.2 Å². The van der Waals surface area contributed by atoms with Gasteiger partial charge < -0.3 is 15.5 Å². The summed E-state index contributed by atoms with van der Waals surface area (Å²) in [6.45, 7) is 1.66. The monoisotopic (exact) mass is 397 g/mol. The van der Waals surface area contributed by atoms with Gasteiger partial charge in [0.25, 0.3) is 0 Å². The minimum Gasteiger partial charge on any atom is -0.361 e. The van der Waals surface area contributed by atoms with E-state index in [1.807, 2.05) is 0 Å². The van der Waals surface area contributed by atoms with Crippen LogP contribution in [0.3, 0.4) is 0 Å². The van der Waals surface area contributed by atoms with Gasteiger partial charge in [0.1, 0.15) is 5.82 Å². The van der Waals surface area contributed by atoms with E-state index in [9.17, 15) is 12.8 Å². The molecule has 2 aliphatic heterocycles. The molecule has 0 spiro atoms. The Bertz CT molecular complexity index is 971. The maximum atomic E-state index is 13.4. The standard InChI is InChI=1S/C16H17ClFN5O2S/c1-26(24,25)16-20-7-14(23-8-10-4-11(23)6-19-10)15(22-16)21-9-2-3-13(18)12(17)5-9/h2-3,5,7,10-11,19H,4,6,8H2,1H3,(H,20,21,22)/t10-,11-/m1/s1. The predicted octanol–water partition coefficient (Wildman–Crippen LogP) is 1.97. The molecule has 0 amide bonds. The summed E-state index contributed by atoms with van der Waals surface area (Å²) >= 11 is 5.84. The summed E-state index contributed by atoms with van der Waals surface area (Å²) in [6, 6.07) is 4.91. The van der Waals surface area contributed by atoms with Crippen LogP contribution in [0.15, 0.2) is 29.6 Å². The highest BCUT2D eigenvalue weighted by Crippen LogP contribution is 2.35. The lowest BCUT2D eigenvalue weighted by Crippen LogP contribution is -2.44. The van der Waals surface area contributed by atoms with Crippen LogP contribution >= 0.6 is 11.6 Å². The van der Waals surface area contributed by atoms with Gasteiger partial charge in [0, 0.05) is 37.1 Å². The molecule has 2 atom stereocenters. The molecule has 7 nitrogen and oxygen atoms in total. The van der Waals surface area contributed by atoms with Crippen LogP contribution in [0.25, 0.3) is 0 Å². The number of hydrogen-bond donors (Lipinski definition) is 2. The molecule has 2 aromatic rings. The van der Waals surface area contributed by atoms with Gasteiger partial charge in [-0.15, -0.1) is 0 Å². The Morgan fingerprint density at radius 2 is 2.23 bits per heavy atom. The molecular weight excluding hydrogens is 381 g/mol. The molecular formula is C16H17ClFN5O2S. The van der Waals surface area contributed by atoms with Crippen LogP contribution < -0.4 is 15.5 Å². The van der Waals surface area contributed by atoms with Crippen LogP contribution in [-0.2, 0) is 9.84 Å². The number of rotatable bonds is 4. The van der Waals surface area contributed by atoms with Gasteiger partial charge in [-0.25, -0.2) is 17.8 Å². The number of fused-ring (bicyclic) bond motifs is 2. The van der Waals surface area contributed by atoms with E-state index in [0.29, 0.717) is 29.3 Å². The van der Waals surface area contributed by atoms with Crippen LogP contribution in [0.1, 0.15) is 6.42 Å². The van der Waals surface area contributed by atoms with Gasteiger partial charge in [-0.05, 0) is 24.6 Å². The maximum Gasteiger partial charge on any atom is 0.248 e. The van der Waals surface area contributed by atoms with Crippen molar-refractivity contribution in [3.05, 3.63) is 35.2 Å². The molecule has 1 aromatic carbocycles. The molecule has 2 aliphatic rings. The molecule has 26 heavy (non-hydrogen) atoms. The molecule has 2 N–H and O–H groups in total. The third-order valence-electron chi connectivity index (χ3n) is 4.63. The number of nitrogens with one attached hydrogen (secondary N) is 2. The summed E-state index contributed by atoms with van der Waals surface area (Å²) in [5, 5.41) is 6.18. The van der Waals surface area contributed by atoms with E-state index in [1.165, 1.54) is 24.4 Å². The van der Waals surface area contributed by atoms with Gasteiger partial charge in [-0.1, -0.05) is 11.6 Å². The second kappa shape index (κ2) is 6.33. The minimum atomic E-state index is -3.56. The first kappa shape index (κ1) is 17.4. The zero-order valence-corrected chi connectivity index (χ0v) is 15.5. The molecule has 10 heteroatoms. The molecule has 0 saturated carbocycles. The normalized spacial score (nSPS) is 22.0. The van der Waals surface area contributed by atoms with Gasteiger partial charge >= 0.3 is 0 Å². The van der Waals surface area contributed by atoms with Crippen molar-refractivity contribution in [3.63, 3.8) is 0 Å². The molecule has 1 aromatic heterocycles. The Hall–Kier alpha value is -1.97. The largest absolute Gasteiger partial charge is 0.361 e. The topological polar surface area (TPSA) is 87.2 Å². The Balaban J connectivity index is 1.75. The van der Waals surface area contributed by atoms with Gasteiger partial charge in [-0.3, -0.25) is 0 Å². The second-order valence-corrected chi connectivity index (χ2v) is 8.88. The van der Waals surface area contributed by atoms with Crippen molar-refractivity contribution in [3.8, 4) is 0 Å². The number of halogens is 2. The van der Waals surface area contributed by atoms with Crippen LogP contribution in [0.4, 0.5) is 21.6 Å². The fourth-order valence-corrected chi connectivity index (χ4v) is 4.09. The lowest BCUT2D eigenvalue weighted by atomic mass is 10.2. The van der Waals surface area contributed by atoms with Crippen molar-refractivity contribution < 1.29 is 12.8 Å². The fraction of sp³-hybridized carbons (Fsp3) is 0.375. The predicted molar refractivity (Wildman–Crippen MR) is 97.4 cm³/mol. The van der Waals surface area contributed by atoms with E-state index < -0.39 is 15.7 Å². The van der Waals surface area contributed by atoms with Crippen molar-refractivity contribution in [2.24, 2.45) is 0 Å². The summed E-state index contributed by atoms with van der Waals surface area (Å²) in [7, 11) is -3.56. The smallest absolute Gasteiger partial charge is 0.248 e. The van der Waals surface area contributed by atoms with Crippen molar-refractivity contribution >= 4 is 38.6 Å². The zero-order chi connectivity index (χ0) is 18.5. The minimum absolute atomic E-state index is 0.0293. The van der Waals surface area contributed by atoms with E-state index in [4.69, 9.17) is 11.6 Å². The summed E-state index contributed by atoms with van der Waals surface area (Å²) in [6.07, 6.45) is 3.61. The number of sulfone groups is 1. The molecule has 0 radical (unpaired) electrons. The van der Waals surface area contributed by atoms with Crippen LogP contribution in [0, 0.1) is 5.82 Å². The molecule has 4 rings (SSSR count). The second-order valence-electron chi connectivity index (χ2n) is 6.56. The first-order valence-electron chi connectivity index (χ1n) is 8.10. The average molecular weight is 398 g/mol. The van der Waals surface area contributed by atoms with E-state index in [1.54, 1.807) is 0 Å². The number of aromatic nitrogens is 2. The summed E-state index contributed by atoms with van der Waals surface area (Å²) < 4.78 is 37.1.